The molecular formula is C16H24N6O4. The highest BCUT2D eigenvalue weighted by Crippen LogP contribution is 2.37. The number of anilines is 2. The molecule has 1 saturated carbocycles. The third-order valence-electron chi connectivity index (χ3n) is 5.45. The van der Waals surface area contributed by atoms with Crippen LogP contribution in [-0.2, 0) is 4.74 Å². The fourth-order valence-electron chi connectivity index (χ4n) is 3.95. The highest BCUT2D eigenvalue weighted by molar-refractivity contribution is 5.84. The summed E-state index contributed by atoms with van der Waals surface area (Å²) in [5.74, 6) is 0.788. The minimum Gasteiger partial charge on any atom is -0.394 e. The molecule has 0 unspecified atom stereocenters. The molecule has 2 aromatic rings. The van der Waals surface area contributed by atoms with Gasteiger partial charge in [-0.3, -0.25) is 4.57 Å². The molecule has 1 saturated heterocycles. The van der Waals surface area contributed by atoms with Crippen LogP contribution in [0.1, 0.15) is 31.9 Å². The number of imidazole rings is 1. The molecule has 2 aromatic heterocycles. The Balaban J connectivity index is 1.84. The van der Waals surface area contributed by atoms with Crippen molar-refractivity contribution in [3.63, 3.8) is 0 Å². The Morgan fingerprint density at radius 1 is 1.27 bits per heavy atom. The number of aliphatic hydroxyl groups is 3. The van der Waals surface area contributed by atoms with Crippen molar-refractivity contribution in [2.75, 3.05) is 24.3 Å². The van der Waals surface area contributed by atoms with Crippen molar-refractivity contribution in [3.8, 4) is 0 Å². The van der Waals surface area contributed by atoms with Crippen molar-refractivity contribution in [1.29, 1.82) is 0 Å². The van der Waals surface area contributed by atoms with Gasteiger partial charge in [-0.25, -0.2) is 15.0 Å². The zero-order chi connectivity index (χ0) is 18.4. The van der Waals surface area contributed by atoms with E-state index in [9.17, 15) is 15.3 Å². The van der Waals surface area contributed by atoms with E-state index in [4.69, 9.17) is 10.5 Å². The summed E-state index contributed by atoms with van der Waals surface area (Å²) >= 11 is 0. The lowest BCUT2D eigenvalue weighted by molar-refractivity contribution is -0.0504. The van der Waals surface area contributed by atoms with E-state index >= 15 is 0 Å². The predicted molar refractivity (Wildman–Crippen MR) is 93.4 cm³/mol. The van der Waals surface area contributed by atoms with Gasteiger partial charge < -0.3 is 30.7 Å². The highest BCUT2D eigenvalue weighted by atomic mass is 16.6. The predicted octanol–water partition coefficient (Wildman–Crippen LogP) is -0.601. The maximum Gasteiger partial charge on any atom is 0.210 e. The molecule has 4 atom stereocenters. The van der Waals surface area contributed by atoms with Gasteiger partial charge in [0.2, 0.25) is 5.95 Å². The topological polar surface area (TPSA) is 143 Å². The third kappa shape index (κ3) is 2.60. The Kier molecular flexibility index (Phi) is 4.43. The Morgan fingerprint density at radius 3 is 2.65 bits per heavy atom. The van der Waals surface area contributed by atoms with Gasteiger partial charge in [-0.1, -0.05) is 12.8 Å². The van der Waals surface area contributed by atoms with Gasteiger partial charge >= 0.3 is 0 Å². The minimum atomic E-state index is -1.23. The first-order valence-electron chi connectivity index (χ1n) is 8.86. The summed E-state index contributed by atoms with van der Waals surface area (Å²) in [6.07, 6.45) is 1.51. The molecule has 0 amide bonds. The van der Waals surface area contributed by atoms with Gasteiger partial charge in [-0.2, -0.15) is 0 Å². The van der Waals surface area contributed by atoms with Crippen LogP contribution < -0.4 is 10.6 Å². The molecule has 5 N–H and O–H groups in total. The lowest BCUT2D eigenvalue weighted by Crippen LogP contribution is -2.35. The fraction of sp³-hybridized carbons (Fsp3) is 0.688. The summed E-state index contributed by atoms with van der Waals surface area (Å²) in [6, 6.07) is 0.317. The lowest BCUT2D eigenvalue weighted by atomic mass is 10.1. The largest absolute Gasteiger partial charge is 0.394 e. The first-order chi connectivity index (χ1) is 12.5. The average molecular weight is 364 g/mol. The first kappa shape index (κ1) is 17.4. The van der Waals surface area contributed by atoms with Crippen molar-refractivity contribution < 1.29 is 20.1 Å². The molecule has 10 nitrogen and oxygen atoms in total. The summed E-state index contributed by atoms with van der Waals surface area (Å²) in [7, 11) is 1.94. The Bertz CT molecular complexity index is 792. The van der Waals surface area contributed by atoms with E-state index in [-0.39, 0.29) is 5.82 Å². The summed E-state index contributed by atoms with van der Waals surface area (Å²) in [5.41, 5.74) is 6.81. The van der Waals surface area contributed by atoms with Crippen LogP contribution in [0.25, 0.3) is 11.2 Å². The highest BCUT2D eigenvalue weighted by Gasteiger charge is 2.45. The monoisotopic (exact) mass is 364 g/mol. The molecule has 4 rings (SSSR count). The molecule has 0 spiro atoms. The van der Waals surface area contributed by atoms with E-state index in [1.54, 1.807) is 4.57 Å². The second-order valence-electron chi connectivity index (χ2n) is 6.99. The number of aromatic nitrogens is 4. The van der Waals surface area contributed by atoms with Gasteiger partial charge in [0, 0.05) is 13.1 Å². The number of nitrogen functional groups attached to an aromatic ring is 1. The van der Waals surface area contributed by atoms with E-state index < -0.39 is 31.1 Å². The SMILES string of the molecule is CN(c1nc2c(N)ncnc2n1[C@@H]1O[C@H](CO)[C@@H](O)[C@H]1O)C1CCCC1. The standard InChI is InChI=1S/C16H24N6O4/c1-21(8-4-2-3-5-8)16-20-10-13(17)18-7-19-14(10)22(16)15-12(25)11(24)9(6-23)26-15/h7-9,11-12,15,23-25H,2-6H2,1H3,(H2,17,18,19)/t9-,11-,12-,15-/m1/s1. The average Bonchev–Trinajstić information content (AvgIpc) is 3.35. The van der Waals surface area contributed by atoms with Crippen molar-refractivity contribution in [2.24, 2.45) is 0 Å². The van der Waals surface area contributed by atoms with Gasteiger partial charge in [-0.15, -0.1) is 0 Å². The zero-order valence-corrected chi connectivity index (χ0v) is 14.6. The van der Waals surface area contributed by atoms with Gasteiger partial charge in [0.25, 0.3) is 0 Å². The number of hydrogen-bond acceptors (Lipinski definition) is 9. The first-order valence-corrected chi connectivity index (χ1v) is 8.86. The number of hydrogen-bond donors (Lipinski definition) is 4. The maximum absolute atomic E-state index is 10.5. The van der Waals surface area contributed by atoms with Crippen LogP contribution in [-0.4, -0.2) is 72.8 Å². The van der Waals surface area contributed by atoms with E-state index in [1.165, 1.54) is 6.33 Å². The zero-order valence-electron chi connectivity index (χ0n) is 14.6. The summed E-state index contributed by atoms with van der Waals surface area (Å²) in [4.78, 5) is 14.9. The second kappa shape index (κ2) is 6.62. The van der Waals surface area contributed by atoms with Crippen LogP contribution in [0.5, 0.6) is 0 Å². The van der Waals surface area contributed by atoms with Gasteiger partial charge in [-0.05, 0) is 12.8 Å². The Morgan fingerprint density at radius 2 is 2.00 bits per heavy atom. The Labute approximate surface area is 150 Å². The summed E-state index contributed by atoms with van der Waals surface area (Å²) in [5, 5.41) is 30.1. The molecule has 2 fully saturated rings. The van der Waals surface area contributed by atoms with Crippen LogP contribution in [0.4, 0.5) is 11.8 Å². The van der Waals surface area contributed by atoms with Crippen molar-refractivity contribution >= 4 is 22.9 Å². The second-order valence-corrected chi connectivity index (χ2v) is 6.99. The normalized spacial score (nSPS) is 29.7. The van der Waals surface area contributed by atoms with Crippen molar-refractivity contribution in [3.05, 3.63) is 6.33 Å². The molecule has 10 heteroatoms. The molecule has 2 aliphatic rings. The van der Waals surface area contributed by atoms with Crippen molar-refractivity contribution in [2.45, 2.75) is 56.3 Å². The molecule has 3 heterocycles. The van der Waals surface area contributed by atoms with E-state index in [1.807, 2.05) is 11.9 Å². The van der Waals surface area contributed by atoms with E-state index in [2.05, 4.69) is 15.0 Å². The molecule has 1 aliphatic heterocycles. The van der Waals surface area contributed by atoms with Crippen LogP contribution in [0.3, 0.4) is 0 Å². The third-order valence-corrected chi connectivity index (χ3v) is 5.45. The molecule has 0 aromatic carbocycles. The smallest absolute Gasteiger partial charge is 0.210 e. The minimum absolute atomic E-state index is 0.238. The quantitative estimate of drug-likeness (QED) is 0.559. The molecule has 0 radical (unpaired) electrons. The van der Waals surface area contributed by atoms with Crippen molar-refractivity contribution in [1.82, 2.24) is 19.5 Å². The fourth-order valence-corrected chi connectivity index (χ4v) is 3.95. The number of ether oxygens (including phenoxy) is 1. The maximum atomic E-state index is 10.5. The van der Waals surface area contributed by atoms with Crippen LogP contribution in [0.15, 0.2) is 6.33 Å². The molecular weight excluding hydrogens is 340 g/mol. The number of rotatable bonds is 4. The van der Waals surface area contributed by atoms with Crippen LogP contribution >= 0.6 is 0 Å². The number of nitrogens with two attached hydrogens (primary N) is 1. The van der Waals surface area contributed by atoms with E-state index in [0.717, 1.165) is 25.7 Å². The van der Waals surface area contributed by atoms with Crippen LogP contribution in [0, 0.1) is 0 Å². The van der Waals surface area contributed by atoms with Crippen LogP contribution in [0.2, 0.25) is 0 Å². The summed E-state index contributed by atoms with van der Waals surface area (Å²) in [6.45, 7) is -0.397. The molecule has 26 heavy (non-hydrogen) atoms. The van der Waals surface area contributed by atoms with Gasteiger partial charge in [0.15, 0.2) is 23.2 Å². The van der Waals surface area contributed by atoms with Gasteiger partial charge in [0.1, 0.15) is 24.6 Å². The number of fused-ring (bicyclic) bond motifs is 1. The molecule has 1 aliphatic carbocycles. The van der Waals surface area contributed by atoms with Gasteiger partial charge in [0.05, 0.1) is 6.61 Å². The number of aliphatic hydroxyl groups excluding tert-OH is 3. The van der Waals surface area contributed by atoms with E-state index in [0.29, 0.717) is 23.2 Å². The molecule has 142 valence electrons. The Hall–Kier alpha value is -2.01. The number of nitrogens with zero attached hydrogens (tertiary/aromatic N) is 5. The summed E-state index contributed by atoms with van der Waals surface area (Å²) < 4.78 is 7.37. The molecule has 0 bridgehead atoms. The lowest BCUT2D eigenvalue weighted by Gasteiger charge is -2.28.